The lowest BCUT2D eigenvalue weighted by Gasteiger charge is -2.10. The number of amides is 1. The molecule has 25 heavy (non-hydrogen) atoms. The number of para-hydroxylation sites is 1. The van der Waals surface area contributed by atoms with Crippen LogP contribution in [0.5, 0.6) is 0 Å². The second-order valence-electron chi connectivity index (χ2n) is 5.23. The number of halogens is 4. The predicted octanol–water partition coefficient (Wildman–Crippen LogP) is 3.94. The molecular weight excluding hydrogens is 340 g/mol. The van der Waals surface area contributed by atoms with Crippen molar-refractivity contribution in [3.8, 4) is 0 Å². The highest BCUT2D eigenvalue weighted by Gasteiger charge is 2.30. The highest BCUT2D eigenvalue weighted by molar-refractivity contribution is 6.05. The summed E-state index contributed by atoms with van der Waals surface area (Å²) in [7, 11) is 0. The summed E-state index contributed by atoms with van der Waals surface area (Å²) in [6.07, 6.45) is -3.53. The van der Waals surface area contributed by atoms with Gasteiger partial charge in [-0.3, -0.25) is 9.59 Å². The number of carbonyl (C=O) groups is 1. The van der Waals surface area contributed by atoms with Gasteiger partial charge >= 0.3 is 6.18 Å². The largest absolute Gasteiger partial charge is 0.416 e. The van der Waals surface area contributed by atoms with Crippen molar-refractivity contribution in [2.75, 3.05) is 5.32 Å². The molecule has 0 aliphatic heterocycles. The third-order valence-electron chi connectivity index (χ3n) is 3.56. The Hall–Kier alpha value is -3.16. The van der Waals surface area contributed by atoms with E-state index >= 15 is 0 Å². The maximum absolute atomic E-state index is 13.6. The Labute approximate surface area is 138 Å². The van der Waals surface area contributed by atoms with Gasteiger partial charge in [0.15, 0.2) is 0 Å². The molecule has 128 valence electrons. The topological polar surface area (TPSA) is 62.0 Å². The Balaban J connectivity index is 1.96. The van der Waals surface area contributed by atoms with Crippen LogP contribution in [0.15, 0.2) is 53.5 Å². The summed E-state index contributed by atoms with van der Waals surface area (Å²) in [5, 5.41) is 2.21. The van der Waals surface area contributed by atoms with E-state index in [1.807, 2.05) is 0 Å². The van der Waals surface area contributed by atoms with Gasteiger partial charge in [-0.25, -0.2) is 4.39 Å². The first kappa shape index (κ1) is 16.7. The number of nitrogens with one attached hydrogen (secondary N) is 2. The van der Waals surface area contributed by atoms with Gasteiger partial charge in [0.1, 0.15) is 11.4 Å². The van der Waals surface area contributed by atoms with Crippen LogP contribution in [-0.2, 0) is 6.18 Å². The summed E-state index contributed by atoms with van der Waals surface area (Å²) < 4.78 is 51.7. The number of aromatic nitrogens is 1. The lowest BCUT2D eigenvalue weighted by molar-refractivity contribution is -0.137. The molecule has 3 rings (SSSR count). The van der Waals surface area contributed by atoms with E-state index in [0.717, 1.165) is 30.5 Å². The molecule has 0 fully saturated rings. The minimum Gasteiger partial charge on any atom is -0.358 e. The first-order valence-electron chi connectivity index (χ1n) is 7.06. The van der Waals surface area contributed by atoms with Crippen LogP contribution in [0.3, 0.4) is 0 Å². The number of hydrogen-bond donors (Lipinski definition) is 2. The molecule has 4 nitrogen and oxygen atoms in total. The minimum atomic E-state index is -4.56. The van der Waals surface area contributed by atoms with Crippen molar-refractivity contribution in [1.82, 2.24) is 4.98 Å². The quantitative estimate of drug-likeness (QED) is 0.688. The fourth-order valence-electron chi connectivity index (χ4n) is 2.36. The first-order valence-corrected chi connectivity index (χ1v) is 7.06. The van der Waals surface area contributed by atoms with Gasteiger partial charge in [-0.1, -0.05) is 12.1 Å². The number of anilines is 1. The molecule has 0 saturated heterocycles. The van der Waals surface area contributed by atoms with Crippen LogP contribution in [0.25, 0.3) is 10.9 Å². The van der Waals surface area contributed by atoms with Crippen LogP contribution in [0.4, 0.5) is 23.2 Å². The van der Waals surface area contributed by atoms with Gasteiger partial charge in [0.2, 0.25) is 5.43 Å². The van der Waals surface area contributed by atoms with Crippen molar-refractivity contribution in [3.63, 3.8) is 0 Å². The summed E-state index contributed by atoms with van der Waals surface area (Å²) in [5.41, 5.74) is -2.16. The lowest BCUT2D eigenvalue weighted by Crippen LogP contribution is -2.22. The molecule has 0 aliphatic carbocycles. The van der Waals surface area contributed by atoms with Crippen molar-refractivity contribution in [2.24, 2.45) is 0 Å². The molecular formula is C17H10F4N2O2. The minimum absolute atomic E-state index is 0.0308. The number of fused-ring (bicyclic) bond motifs is 1. The standard InChI is InChI=1S/C17H10F4N2O2/c18-13-6-2-5-11-14(13)22-8-12(15(11)24)16(25)23-10-4-1-3-9(7-10)17(19,20)21/h1-8H,(H,22,24)(H,23,25). The molecule has 0 radical (unpaired) electrons. The van der Waals surface area contributed by atoms with Crippen molar-refractivity contribution in [1.29, 1.82) is 0 Å². The van der Waals surface area contributed by atoms with E-state index < -0.39 is 28.9 Å². The second kappa shape index (κ2) is 6.04. The zero-order valence-electron chi connectivity index (χ0n) is 12.4. The normalized spacial score (nSPS) is 11.5. The average Bonchev–Trinajstić information content (AvgIpc) is 2.55. The van der Waals surface area contributed by atoms with Gasteiger partial charge in [-0.15, -0.1) is 0 Å². The second-order valence-corrected chi connectivity index (χ2v) is 5.23. The van der Waals surface area contributed by atoms with Gasteiger partial charge in [-0.2, -0.15) is 13.2 Å². The summed E-state index contributed by atoms with van der Waals surface area (Å²) in [4.78, 5) is 27.0. The van der Waals surface area contributed by atoms with Gasteiger partial charge in [0.05, 0.1) is 11.1 Å². The van der Waals surface area contributed by atoms with E-state index in [2.05, 4.69) is 10.3 Å². The van der Waals surface area contributed by atoms with E-state index in [1.165, 1.54) is 18.2 Å². The monoisotopic (exact) mass is 350 g/mol. The number of pyridine rings is 1. The maximum atomic E-state index is 13.6. The number of aromatic amines is 1. The van der Waals surface area contributed by atoms with Crippen molar-refractivity contribution >= 4 is 22.5 Å². The van der Waals surface area contributed by atoms with E-state index in [1.54, 1.807) is 0 Å². The van der Waals surface area contributed by atoms with Gasteiger partial charge < -0.3 is 10.3 Å². The SMILES string of the molecule is O=C(Nc1cccc(C(F)(F)F)c1)c1c[nH]c2c(F)cccc2c1=O. The van der Waals surface area contributed by atoms with Gasteiger partial charge in [0.25, 0.3) is 5.91 Å². The van der Waals surface area contributed by atoms with E-state index in [4.69, 9.17) is 0 Å². The number of alkyl halides is 3. The number of benzene rings is 2. The van der Waals surface area contributed by atoms with Crippen LogP contribution in [0, 0.1) is 5.82 Å². The third kappa shape index (κ3) is 3.23. The van der Waals surface area contributed by atoms with Crippen LogP contribution >= 0.6 is 0 Å². The molecule has 0 saturated carbocycles. The van der Waals surface area contributed by atoms with E-state index in [-0.39, 0.29) is 22.2 Å². The highest BCUT2D eigenvalue weighted by atomic mass is 19.4. The molecule has 0 bridgehead atoms. The van der Waals surface area contributed by atoms with Crippen LogP contribution in [-0.4, -0.2) is 10.9 Å². The number of carbonyl (C=O) groups excluding carboxylic acids is 1. The summed E-state index contributed by atoms with van der Waals surface area (Å²) in [6.45, 7) is 0. The molecule has 1 heterocycles. The molecule has 8 heteroatoms. The summed E-state index contributed by atoms with van der Waals surface area (Å²) >= 11 is 0. The Morgan fingerprint density at radius 1 is 1.08 bits per heavy atom. The number of H-pyrrole nitrogens is 1. The molecule has 2 N–H and O–H groups in total. The predicted molar refractivity (Wildman–Crippen MR) is 83.9 cm³/mol. The zero-order valence-corrected chi connectivity index (χ0v) is 12.4. The Bertz CT molecular complexity index is 1030. The molecule has 0 aliphatic rings. The third-order valence-corrected chi connectivity index (χ3v) is 3.56. The molecule has 0 unspecified atom stereocenters. The van der Waals surface area contributed by atoms with Gasteiger partial charge in [-0.05, 0) is 30.3 Å². The highest BCUT2D eigenvalue weighted by Crippen LogP contribution is 2.30. The van der Waals surface area contributed by atoms with Crippen LogP contribution < -0.4 is 10.7 Å². The smallest absolute Gasteiger partial charge is 0.358 e. The Morgan fingerprint density at radius 3 is 2.52 bits per heavy atom. The average molecular weight is 350 g/mol. The van der Waals surface area contributed by atoms with Gasteiger partial charge in [0, 0.05) is 17.3 Å². The Kier molecular flexibility index (Phi) is 4.03. The molecule has 3 aromatic rings. The Morgan fingerprint density at radius 2 is 1.80 bits per heavy atom. The van der Waals surface area contributed by atoms with E-state index in [9.17, 15) is 27.2 Å². The van der Waals surface area contributed by atoms with Crippen LogP contribution in [0.1, 0.15) is 15.9 Å². The molecule has 1 amide bonds. The molecule has 2 aromatic carbocycles. The van der Waals surface area contributed by atoms with E-state index in [0.29, 0.717) is 0 Å². The fraction of sp³-hybridized carbons (Fsp3) is 0.0588. The molecule has 0 spiro atoms. The molecule has 1 aromatic heterocycles. The molecule has 0 atom stereocenters. The summed E-state index contributed by atoms with van der Waals surface area (Å²) in [5.74, 6) is -1.55. The van der Waals surface area contributed by atoms with Crippen molar-refractivity contribution in [2.45, 2.75) is 6.18 Å². The van der Waals surface area contributed by atoms with Crippen LogP contribution in [0.2, 0.25) is 0 Å². The lowest BCUT2D eigenvalue weighted by atomic mass is 10.1. The van der Waals surface area contributed by atoms with Crippen molar-refractivity contribution < 1.29 is 22.4 Å². The van der Waals surface area contributed by atoms with Crippen molar-refractivity contribution in [3.05, 3.63) is 75.8 Å². The summed E-state index contributed by atoms with van der Waals surface area (Å²) in [6, 6.07) is 7.84. The number of rotatable bonds is 2. The maximum Gasteiger partial charge on any atom is 0.416 e. The number of hydrogen-bond acceptors (Lipinski definition) is 2. The zero-order chi connectivity index (χ0) is 18.2. The fourth-order valence-corrected chi connectivity index (χ4v) is 2.36. The first-order chi connectivity index (χ1) is 11.8.